The first-order valence-corrected chi connectivity index (χ1v) is 6.39. The number of hydrogen-bond donors (Lipinski definition) is 2. The predicted octanol–water partition coefficient (Wildman–Crippen LogP) is -0.0811. The Bertz CT molecular complexity index is 635. The number of aliphatic carboxylic acids is 1. The molecule has 5 nitrogen and oxygen atoms in total. The molecule has 2 aromatic rings. The van der Waals surface area contributed by atoms with Gasteiger partial charge in [0.05, 0.1) is 5.97 Å². The minimum Gasteiger partial charge on any atom is -0.544 e. The summed E-state index contributed by atoms with van der Waals surface area (Å²) in [6.07, 6.45) is 0.268. The van der Waals surface area contributed by atoms with Crippen LogP contribution in [0.1, 0.15) is 12.8 Å². The van der Waals surface area contributed by atoms with Gasteiger partial charge in [0.25, 0.3) is 0 Å². The standard InChI is InChI=1S/C15H16N2O3/c16-12(15(19)20)8-9-14(18)17-13-7-3-5-10-4-1-2-6-11(10)13/h1-7,12H,8-9,16H2,(H,17,18)(H,19,20)/t12-/m0/s1. The summed E-state index contributed by atoms with van der Waals surface area (Å²) < 4.78 is 0. The minimum absolute atomic E-state index is 0.103. The van der Waals surface area contributed by atoms with Crippen molar-refractivity contribution in [1.29, 1.82) is 0 Å². The van der Waals surface area contributed by atoms with Crippen LogP contribution in [-0.4, -0.2) is 17.9 Å². The predicted molar refractivity (Wildman–Crippen MR) is 73.5 cm³/mol. The lowest BCUT2D eigenvalue weighted by Crippen LogP contribution is -2.68. The zero-order valence-electron chi connectivity index (χ0n) is 11.0. The molecule has 2 rings (SSSR count). The first-order chi connectivity index (χ1) is 9.58. The number of hydrogen-bond acceptors (Lipinski definition) is 3. The fourth-order valence-corrected chi connectivity index (χ4v) is 1.97. The molecule has 0 saturated carbocycles. The van der Waals surface area contributed by atoms with E-state index in [-0.39, 0.29) is 18.7 Å². The van der Waals surface area contributed by atoms with Gasteiger partial charge in [-0.15, -0.1) is 0 Å². The summed E-state index contributed by atoms with van der Waals surface area (Å²) in [4.78, 5) is 22.4. The highest BCUT2D eigenvalue weighted by Crippen LogP contribution is 2.23. The number of anilines is 1. The van der Waals surface area contributed by atoms with Crippen LogP contribution < -0.4 is 16.2 Å². The van der Waals surface area contributed by atoms with E-state index in [1.807, 2.05) is 42.5 Å². The van der Waals surface area contributed by atoms with Crippen molar-refractivity contribution in [2.45, 2.75) is 18.9 Å². The second-order valence-corrected chi connectivity index (χ2v) is 4.63. The van der Waals surface area contributed by atoms with Gasteiger partial charge in [0.1, 0.15) is 6.04 Å². The lowest BCUT2D eigenvalue weighted by molar-refractivity contribution is -0.438. The summed E-state index contributed by atoms with van der Waals surface area (Å²) in [6, 6.07) is 12.5. The topological polar surface area (TPSA) is 96.9 Å². The second kappa shape index (κ2) is 6.16. The highest BCUT2D eigenvalue weighted by atomic mass is 16.4. The molecule has 20 heavy (non-hydrogen) atoms. The van der Waals surface area contributed by atoms with E-state index in [0.29, 0.717) is 0 Å². The maximum Gasteiger partial charge on any atom is 0.224 e. The summed E-state index contributed by atoms with van der Waals surface area (Å²) in [7, 11) is 0. The highest BCUT2D eigenvalue weighted by Gasteiger charge is 2.11. The maximum absolute atomic E-state index is 11.8. The smallest absolute Gasteiger partial charge is 0.224 e. The monoisotopic (exact) mass is 272 g/mol. The molecule has 0 radical (unpaired) electrons. The number of quaternary nitrogens is 1. The molecule has 0 unspecified atom stereocenters. The molecule has 1 atom stereocenters. The lowest BCUT2D eigenvalue weighted by atomic mass is 10.1. The summed E-state index contributed by atoms with van der Waals surface area (Å²) in [5.41, 5.74) is 4.15. The van der Waals surface area contributed by atoms with E-state index < -0.39 is 12.0 Å². The molecule has 5 heteroatoms. The molecule has 0 aliphatic rings. The molecular formula is C15H16N2O3. The van der Waals surface area contributed by atoms with E-state index in [4.69, 9.17) is 0 Å². The minimum atomic E-state index is -1.23. The fourth-order valence-electron chi connectivity index (χ4n) is 1.97. The van der Waals surface area contributed by atoms with Crippen LogP contribution in [0.3, 0.4) is 0 Å². The summed E-state index contributed by atoms with van der Waals surface area (Å²) in [5.74, 6) is -1.46. The molecule has 0 aliphatic heterocycles. The van der Waals surface area contributed by atoms with Gasteiger partial charge < -0.3 is 21.0 Å². The first kappa shape index (κ1) is 14.0. The number of amides is 1. The van der Waals surface area contributed by atoms with E-state index in [1.165, 1.54) is 0 Å². The number of nitrogens with one attached hydrogen (secondary N) is 1. The van der Waals surface area contributed by atoms with Crippen molar-refractivity contribution in [3.63, 3.8) is 0 Å². The maximum atomic E-state index is 11.8. The van der Waals surface area contributed by atoms with Crippen LogP contribution in [0.4, 0.5) is 5.69 Å². The van der Waals surface area contributed by atoms with Crippen LogP contribution in [-0.2, 0) is 9.59 Å². The summed E-state index contributed by atoms with van der Waals surface area (Å²) >= 11 is 0. The lowest BCUT2D eigenvalue weighted by Gasteiger charge is -2.11. The Morgan fingerprint density at radius 2 is 1.85 bits per heavy atom. The van der Waals surface area contributed by atoms with E-state index in [2.05, 4.69) is 11.1 Å². The molecule has 0 saturated heterocycles. The van der Waals surface area contributed by atoms with Crippen LogP contribution in [0.15, 0.2) is 42.5 Å². The largest absolute Gasteiger partial charge is 0.544 e. The van der Waals surface area contributed by atoms with Crippen molar-refractivity contribution in [3.8, 4) is 0 Å². The third-order valence-corrected chi connectivity index (χ3v) is 3.12. The van der Waals surface area contributed by atoms with Crippen LogP contribution in [0.2, 0.25) is 0 Å². The van der Waals surface area contributed by atoms with Crippen molar-refractivity contribution in [3.05, 3.63) is 42.5 Å². The molecule has 104 valence electrons. The quantitative estimate of drug-likeness (QED) is 0.796. The Labute approximate surface area is 116 Å². The Balaban J connectivity index is 2.05. The van der Waals surface area contributed by atoms with E-state index >= 15 is 0 Å². The third kappa shape index (κ3) is 3.33. The Hall–Kier alpha value is -2.40. The van der Waals surface area contributed by atoms with Gasteiger partial charge >= 0.3 is 0 Å². The average molecular weight is 272 g/mol. The molecular weight excluding hydrogens is 256 g/mol. The molecule has 0 bridgehead atoms. The van der Waals surface area contributed by atoms with Crippen LogP contribution in [0.5, 0.6) is 0 Å². The normalized spacial score (nSPS) is 12.1. The molecule has 4 N–H and O–H groups in total. The van der Waals surface area contributed by atoms with Gasteiger partial charge in [0, 0.05) is 23.9 Å². The van der Waals surface area contributed by atoms with Gasteiger partial charge in [0.15, 0.2) is 0 Å². The van der Waals surface area contributed by atoms with Gasteiger partial charge in [-0.3, -0.25) is 4.79 Å². The van der Waals surface area contributed by atoms with E-state index in [1.54, 1.807) is 0 Å². The number of carboxylic acids is 1. The second-order valence-electron chi connectivity index (χ2n) is 4.63. The summed E-state index contributed by atoms with van der Waals surface area (Å²) in [5, 5.41) is 15.3. The van der Waals surface area contributed by atoms with Crippen molar-refractivity contribution in [2.75, 3.05) is 5.32 Å². The number of carboxylic acid groups (broad SMARTS) is 1. The number of benzene rings is 2. The number of carbonyl (C=O) groups excluding carboxylic acids is 2. The van der Waals surface area contributed by atoms with Gasteiger partial charge in [0.2, 0.25) is 5.91 Å². The molecule has 0 aliphatic carbocycles. The highest BCUT2D eigenvalue weighted by molar-refractivity contribution is 6.02. The fraction of sp³-hybridized carbons (Fsp3) is 0.200. The van der Waals surface area contributed by atoms with Gasteiger partial charge in [-0.1, -0.05) is 36.4 Å². The van der Waals surface area contributed by atoms with Crippen molar-refractivity contribution in [1.82, 2.24) is 0 Å². The molecule has 0 spiro atoms. The molecule has 2 aromatic carbocycles. The SMILES string of the molecule is [NH3+][C@@H](CCC(=O)Nc1cccc2ccccc12)C(=O)[O-]. The zero-order valence-corrected chi connectivity index (χ0v) is 11.0. The number of carbonyl (C=O) groups is 2. The number of rotatable bonds is 5. The van der Waals surface area contributed by atoms with Gasteiger partial charge in [-0.05, 0) is 11.5 Å². The molecule has 1 amide bonds. The Morgan fingerprint density at radius 1 is 1.15 bits per heavy atom. The van der Waals surface area contributed by atoms with Gasteiger partial charge in [-0.25, -0.2) is 0 Å². The van der Waals surface area contributed by atoms with Crippen molar-refractivity contribution in [2.24, 2.45) is 0 Å². The Kier molecular flexibility index (Phi) is 4.32. The van der Waals surface area contributed by atoms with E-state index in [0.717, 1.165) is 16.5 Å². The third-order valence-electron chi connectivity index (χ3n) is 3.12. The summed E-state index contributed by atoms with van der Waals surface area (Å²) in [6.45, 7) is 0. The first-order valence-electron chi connectivity index (χ1n) is 6.39. The Morgan fingerprint density at radius 3 is 2.60 bits per heavy atom. The average Bonchev–Trinajstić information content (AvgIpc) is 2.45. The number of fused-ring (bicyclic) bond motifs is 1. The van der Waals surface area contributed by atoms with Crippen LogP contribution >= 0.6 is 0 Å². The van der Waals surface area contributed by atoms with Crippen LogP contribution in [0, 0.1) is 0 Å². The molecule has 0 fully saturated rings. The molecule has 0 aromatic heterocycles. The zero-order chi connectivity index (χ0) is 14.5. The van der Waals surface area contributed by atoms with Crippen molar-refractivity contribution < 1.29 is 20.4 Å². The van der Waals surface area contributed by atoms with Gasteiger partial charge in [-0.2, -0.15) is 0 Å². The molecule has 0 heterocycles. The van der Waals surface area contributed by atoms with Crippen molar-refractivity contribution >= 4 is 28.3 Å². The van der Waals surface area contributed by atoms with Crippen LogP contribution in [0.25, 0.3) is 10.8 Å². The van der Waals surface area contributed by atoms with E-state index in [9.17, 15) is 14.7 Å².